The van der Waals surface area contributed by atoms with Crippen LogP contribution >= 0.6 is 0 Å². The Morgan fingerprint density at radius 3 is 2.43 bits per heavy atom. The Balaban J connectivity index is 1.65. The lowest BCUT2D eigenvalue weighted by atomic mass is 10.1. The van der Waals surface area contributed by atoms with Gasteiger partial charge in [0, 0.05) is 5.69 Å². The molecule has 2 aromatic carbocycles. The summed E-state index contributed by atoms with van der Waals surface area (Å²) in [5.41, 5.74) is 2.29. The second-order valence-corrected chi connectivity index (χ2v) is 4.85. The Morgan fingerprint density at radius 1 is 1.00 bits per heavy atom. The van der Waals surface area contributed by atoms with E-state index >= 15 is 0 Å². The summed E-state index contributed by atoms with van der Waals surface area (Å²) in [6.45, 7) is 0. The molecule has 5 nitrogen and oxygen atoms in total. The van der Waals surface area contributed by atoms with Crippen molar-refractivity contribution in [2.24, 2.45) is 0 Å². The van der Waals surface area contributed by atoms with Crippen LogP contribution in [-0.4, -0.2) is 17.9 Å². The fourth-order valence-electron chi connectivity index (χ4n) is 2.25. The lowest BCUT2D eigenvalue weighted by Crippen LogP contribution is -2.41. The van der Waals surface area contributed by atoms with Gasteiger partial charge in [-0.25, -0.2) is 0 Å². The quantitative estimate of drug-likeness (QED) is 0.809. The van der Waals surface area contributed by atoms with E-state index in [2.05, 4.69) is 16.0 Å². The summed E-state index contributed by atoms with van der Waals surface area (Å²) >= 11 is 0. The summed E-state index contributed by atoms with van der Waals surface area (Å²) in [6, 6.07) is 16.0. The maximum absolute atomic E-state index is 12.0. The van der Waals surface area contributed by atoms with Crippen molar-refractivity contribution < 1.29 is 9.59 Å². The highest BCUT2D eigenvalue weighted by molar-refractivity contribution is 6.06. The van der Waals surface area contributed by atoms with Crippen LogP contribution < -0.4 is 16.0 Å². The van der Waals surface area contributed by atoms with Crippen molar-refractivity contribution in [2.75, 3.05) is 16.0 Å². The molecule has 0 saturated carbocycles. The summed E-state index contributed by atoms with van der Waals surface area (Å²) in [5.74, 6) is -0.398. The number of rotatable bonds is 3. The van der Waals surface area contributed by atoms with Gasteiger partial charge in [-0.1, -0.05) is 30.3 Å². The molecule has 2 amide bonds. The van der Waals surface area contributed by atoms with E-state index in [-0.39, 0.29) is 18.2 Å². The highest BCUT2D eigenvalue weighted by atomic mass is 16.2. The Labute approximate surface area is 122 Å². The molecule has 5 heteroatoms. The molecule has 0 aliphatic carbocycles. The summed E-state index contributed by atoms with van der Waals surface area (Å²) in [5, 5.41) is 8.66. The normalized spacial score (nSPS) is 16.4. The number of anilines is 3. The number of benzene rings is 2. The Morgan fingerprint density at radius 2 is 1.67 bits per heavy atom. The molecule has 0 bridgehead atoms. The first-order valence-corrected chi connectivity index (χ1v) is 6.74. The molecule has 1 aliphatic rings. The largest absolute Gasteiger partial charge is 0.372 e. The van der Waals surface area contributed by atoms with E-state index in [1.807, 2.05) is 54.6 Å². The van der Waals surface area contributed by atoms with Crippen LogP contribution in [0.2, 0.25) is 0 Å². The van der Waals surface area contributed by atoms with Gasteiger partial charge in [0.1, 0.15) is 6.04 Å². The van der Waals surface area contributed by atoms with Crippen molar-refractivity contribution in [3.8, 4) is 0 Å². The van der Waals surface area contributed by atoms with Gasteiger partial charge in [0.25, 0.3) is 0 Å². The van der Waals surface area contributed by atoms with Gasteiger partial charge in [-0.3, -0.25) is 9.59 Å². The number of amides is 2. The molecule has 0 saturated heterocycles. The maximum Gasteiger partial charge on any atom is 0.247 e. The molecule has 3 N–H and O–H groups in total. The molecular formula is C16H15N3O2. The highest BCUT2D eigenvalue weighted by Gasteiger charge is 2.27. The number of fused-ring (bicyclic) bond motifs is 1. The van der Waals surface area contributed by atoms with Crippen LogP contribution in [0.4, 0.5) is 17.1 Å². The number of hydrogen-bond acceptors (Lipinski definition) is 3. The van der Waals surface area contributed by atoms with Crippen molar-refractivity contribution >= 4 is 28.9 Å². The zero-order chi connectivity index (χ0) is 14.7. The van der Waals surface area contributed by atoms with E-state index in [1.54, 1.807) is 0 Å². The highest BCUT2D eigenvalue weighted by Crippen LogP contribution is 2.26. The molecule has 21 heavy (non-hydrogen) atoms. The number of carbonyl (C=O) groups is 2. The van der Waals surface area contributed by atoms with Crippen LogP contribution in [0, 0.1) is 0 Å². The first-order chi connectivity index (χ1) is 10.2. The summed E-state index contributed by atoms with van der Waals surface area (Å²) in [4.78, 5) is 24.0. The van der Waals surface area contributed by atoms with E-state index in [1.165, 1.54) is 0 Å². The molecule has 2 aromatic rings. The van der Waals surface area contributed by atoms with Gasteiger partial charge in [-0.05, 0) is 24.3 Å². The molecule has 1 heterocycles. The molecule has 1 atom stereocenters. The molecular weight excluding hydrogens is 266 g/mol. The van der Waals surface area contributed by atoms with Crippen molar-refractivity contribution in [1.82, 2.24) is 0 Å². The number of carbonyl (C=O) groups excluding carboxylic acids is 2. The predicted molar refractivity (Wildman–Crippen MR) is 82.2 cm³/mol. The molecule has 0 radical (unpaired) electrons. The minimum absolute atomic E-state index is 0.0784. The SMILES string of the molecule is O=C(C[C@H]1Nc2ccccc2NC1=O)Nc1ccccc1. The third-order valence-electron chi connectivity index (χ3n) is 3.28. The molecule has 0 unspecified atom stereocenters. The van der Waals surface area contributed by atoms with Crippen LogP contribution in [0.25, 0.3) is 0 Å². The van der Waals surface area contributed by atoms with Gasteiger partial charge in [0.05, 0.1) is 17.8 Å². The lowest BCUT2D eigenvalue weighted by Gasteiger charge is -2.26. The molecule has 0 spiro atoms. The maximum atomic E-state index is 12.0. The van der Waals surface area contributed by atoms with Gasteiger partial charge >= 0.3 is 0 Å². The lowest BCUT2D eigenvalue weighted by molar-refractivity contribution is -0.122. The second kappa shape index (κ2) is 5.66. The van der Waals surface area contributed by atoms with E-state index in [0.717, 1.165) is 17.1 Å². The van der Waals surface area contributed by atoms with Crippen molar-refractivity contribution in [1.29, 1.82) is 0 Å². The molecule has 106 valence electrons. The topological polar surface area (TPSA) is 70.2 Å². The summed E-state index contributed by atoms with van der Waals surface area (Å²) in [7, 11) is 0. The van der Waals surface area contributed by atoms with E-state index < -0.39 is 6.04 Å². The number of hydrogen-bond donors (Lipinski definition) is 3. The average Bonchev–Trinajstić information content (AvgIpc) is 2.49. The van der Waals surface area contributed by atoms with Gasteiger partial charge < -0.3 is 16.0 Å². The van der Waals surface area contributed by atoms with Crippen molar-refractivity contribution in [2.45, 2.75) is 12.5 Å². The van der Waals surface area contributed by atoms with Crippen LogP contribution in [0.15, 0.2) is 54.6 Å². The van der Waals surface area contributed by atoms with Crippen molar-refractivity contribution in [3.63, 3.8) is 0 Å². The fourth-order valence-corrected chi connectivity index (χ4v) is 2.25. The van der Waals surface area contributed by atoms with Gasteiger partial charge in [0.15, 0.2) is 0 Å². The smallest absolute Gasteiger partial charge is 0.247 e. The minimum atomic E-state index is -0.566. The Kier molecular flexibility index (Phi) is 3.55. The van der Waals surface area contributed by atoms with Crippen LogP contribution in [0.1, 0.15) is 6.42 Å². The van der Waals surface area contributed by atoms with Crippen LogP contribution in [0.3, 0.4) is 0 Å². The van der Waals surface area contributed by atoms with E-state index in [0.29, 0.717) is 0 Å². The molecule has 0 aromatic heterocycles. The van der Waals surface area contributed by atoms with Crippen molar-refractivity contribution in [3.05, 3.63) is 54.6 Å². The molecule has 0 fully saturated rings. The standard InChI is InChI=1S/C16H15N3O2/c20-15(17-11-6-2-1-3-7-11)10-14-16(21)19-13-9-5-4-8-12(13)18-14/h1-9,14,18H,10H2,(H,17,20)(H,19,21)/t14-/m1/s1. The third-order valence-corrected chi connectivity index (χ3v) is 3.28. The zero-order valence-corrected chi connectivity index (χ0v) is 11.3. The van der Waals surface area contributed by atoms with E-state index in [4.69, 9.17) is 0 Å². The minimum Gasteiger partial charge on any atom is -0.372 e. The average molecular weight is 281 g/mol. The van der Waals surface area contributed by atoms with Gasteiger partial charge in [-0.2, -0.15) is 0 Å². The third kappa shape index (κ3) is 3.02. The molecule has 3 rings (SSSR count). The summed E-state index contributed by atoms with van der Waals surface area (Å²) < 4.78 is 0. The Bertz CT molecular complexity index is 670. The fraction of sp³-hybridized carbons (Fsp3) is 0.125. The summed E-state index contributed by atoms with van der Waals surface area (Å²) in [6.07, 6.45) is 0.0784. The number of nitrogens with one attached hydrogen (secondary N) is 3. The molecule has 1 aliphatic heterocycles. The second-order valence-electron chi connectivity index (χ2n) is 4.85. The van der Waals surface area contributed by atoms with Gasteiger partial charge in [-0.15, -0.1) is 0 Å². The first-order valence-electron chi connectivity index (χ1n) is 6.74. The number of para-hydroxylation sites is 3. The monoisotopic (exact) mass is 281 g/mol. The van der Waals surface area contributed by atoms with Crippen LogP contribution in [-0.2, 0) is 9.59 Å². The van der Waals surface area contributed by atoms with Gasteiger partial charge in [0.2, 0.25) is 11.8 Å². The zero-order valence-electron chi connectivity index (χ0n) is 11.3. The Hall–Kier alpha value is -2.82. The van der Waals surface area contributed by atoms with Crippen LogP contribution in [0.5, 0.6) is 0 Å². The predicted octanol–water partition coefficient (Wildman–Crippen LogP) is 2.45. The van der Waals surface area contributed by atoms with E-state index in [9.17, 15) is 9.59 Å². The first kappa shape index (κ1) is 13.2.